The Bertz CT molecular complexity index is 447. The molecule has 0 saturated heterocycles. The van der Waals surface area contributed by atoms with Gasteiger partial charge in [-0.3, -0.25) is 4.79 Å². The Balaban J connectivity index is 2.76. The number of nitrogen functional groups attached to an aromatic ring is 1. The van der Waals surface area contributed by atoms with E-state index in [0.29, 0.717) is 30.0 Å². The third-order valence-corrected chi connectivity index (χ3v) is 2.81. The standard InChI is InChI=1S/C13H21N3O3/c1-13(18,5-6-19-2)8-16-11-7-9(14)3-4-10(11)12(15)17/h3-4,7,16,18H,5-6,8,14H2,1-2H3,(H2,15,17). The molecule has 106 valence electrons. The van der Waals surface area contributed by atoms with Crippen LogP contribution in [0.1, 0.15) is 23.7 Å². The summed E-state index contributed by atoms with van der Waals surface area (Å²) >= 11 is 0. The van der Waals surface area contributed by atoms with E-state index in [1.54, 1.807) is 32.2 Å². The maximum Gasteiger partial charge on any atom is 0.250 e. The van der Waals surface area contributed by atoms with Crippen molar-refractivity contribution in [2.24, 2.45) is 5.73 Å². The topological polar surface area (TPSA) is 111 Å². The van der Waals surface area contributed by atoms with Gasteiger partial charge in [0, 0.05) is 38.1 Å². The molecular formula is C13H21N3O3. The van der Waals surface area contributed by atoms with Crippen LogP contribution in [0.3, 0.4) is 0 Å². The minimum Gasteiger partial charge on any atom is -0.399 e. The van der Waals surface area contributed by atoms with Gasteiger partial charge >= 0.3 is 0 Å². The average Bonchev–Trinajstić information content (AvgIpc) is 2.34. The van der Waals surface area contributed by atoms with Gasteiger partial charge in [0.05, 0.1) is 11.2 Å². The number of nitrogens with two attached hydrogens (primary N) is 2. The molecule has 1 amide bonds. The minimum atomic E-state index is -0.949. The van der Waals surface area contributed by atoms with Gasteiger partial charge in [-0.15, -0.1) is 0 Å². The normalized spacial score (nSPS) is 13.8. The fourth-order valence-electron chi connectivity index (χ4n) is 1.62. The van der Waals surface area contributed by atoms with E-state index < -0.39 is 11.5 Å². The van der Waals surface area contributed by atoms with E-state index in [1.165, 1.54) is 0 Å². The summed E-state index contributed by atoms with van der Waals surface area (Å²) in [4.78, 5) is 11.3. The lowest BCUT2D eigenvalue weighted by Crippen LogP contribution is -2.35. The van der Waals surface area contributed by atoms with Crippen molar-refractivity contribution in [1.82, 2.24) is 0 Å². The summed E-state index contributed by atoms with van der Waals surface area (Å²) < 4.78 is 4.93. The molecule has 0 radical (unpaired) electrons. The maximum absolute atomic E-state index is 11.3. The Morgan fingerprint density at radius 2 is 2.21 bits per heavy atom. The summed E-state index contributed by atoms with van der Waals surface area (Å²) in [7, 11) is 1.58. The lowest BCUT2D eigenvalue weighted by molar-refractivity contribution is 0.0357. The predicted octanol–water partition coefficient (Wildman–Crippen LogP) is 0.567. The summed E-state index contributed by atoms with van der Waals surface area (Å²) in [5.41, 5.74) is 11.4. The smallest absolute Gasteiger partial charge is 0.250 e. The molecule has 0 aliphatic rings. The molecule has 6 nitrogen and oxygen atoms in total. The Kier molecular flexibility index (Phi) is 5.14. The molecule has 0 bridgehead atoms. The number of carbonyl (C=O) groups is 1. The highest BCUT2D eigenvalue weighted by Gasteiger charge is 2.20. The molecule has 1 aromatic rings. The molecule has 0 spiro atoms. The highest BCUT2D eigenvalue weighted by Crippen LogP contribution is 2.20. The average molecular weight is 267 g/mol. The summed E-state index contributed by atoms with van der Waals surface area (Å²) in [6.07, 6.45) is 0.477. The fraction of sp³-hybridized carbons (Fsp3) is 0.462. The van der Waals surface area contributed by atoms with Crippen LogP contribution in [0.25, 0.3) is 0 Å². The molecule has 19 heavy (non-hydrogen) atoms. The summed E-state index contributed by atoms with van der Waals surface area (Å²) in [5.74, 6) is -0.543. The number of aliphatic hydroxyl groups is 1. The van der Waals surface area contributed by atoms with Gasteiger partial charge in [0.25, 0.3) is 5.91 Å². The third-order valence-electron chi connectivity index (χ3n) is 2.81. The maximum atomic E-state index is 11.3. The van der Waals surface area contributed by atoms with Crippen LogP contribution in [0.2, 0.25) is 0 Å². The van der Waals surface area contributed by atoms with Crippen LogP contribution >= 0.6 is 0 Å². The van der Waals surface area contributed by atoms with E-state index in [9.17, 15) is 9.90 Å². The van der Waals surface area contributed by atoms with Gasteiger partial charge in [0.15, 0.2) is 0 Å². The Morgan fingerprint density at radius 1 is 1.53 bits per heavy atom. The third kappa shape index (κ3) is 4.76. The first-order chi connectivity index (χ1) is 8.85. The van der Waals surface area contributed by atoms with Crippen molar-refractivity contribution in [1.29, 1.82) is 0 Å². The van der Waals surface area contributed by atoms with Crippen molar-refractivity contribution in [2.75, 3.05) is 31.3 Å². The number of hydrogen-bond donors (Lipinski definition) is 4. The number of ether oxygens (including phenoxy) is 1. The number of amides is 1. The minimum absolute atomic E-state index is 0.264. The van der Waals surface area contributed by atoms with Crippen molar-refractivity contribution in [3.05, 3.63) is 23.8 Å². The number of hydrogen-bond acceptors (Lipinski definition) is 5. The molecule has 1 rings (SSSR count). The number of nitrogens with one attached hydrogen (secondary N) is 1. The van der Waals surface area contributed by atoms with Crippen LogP contribution in [-0.4, -0.2) is 36.9 Å². The Hall–Kier alpha value is -1.79. The zero-order valence-corrected chi connectivity index (χ0v) is 11.3. The summed E-state index contributed by atoms with van der Waals surface area (Å²) in [6, 6.07) is 4.78. The van der Waals surface area contributed by atoms with Crippen LogP contribution in [0.4, 0.5) is 11.4 Å². The number of primary amides is 1. The molecule has 6 N–H and O–H groups in total. The lowest BCUT2D eigenvalue weighted by Gasteiger charge is -2.24. The van der Waals surface area contributed by atoms with E-state index in [-0.39, 0.29) is 6.54 Å². The Labute approximate surface area is 112 Å². The van der Waals surface area contributed by atoms with Crippen LogP contribution in [0, 0.1) is 0 Å². The number of rotatable bonds is 7. The van der Waals surface area contributed by atoms with E-state index in [0.717, 1.165) is 0 Å². The Morgan fingerprint density at radius 3 is 2.79 bits per heavy atom. The van der Waals surface area contributed by atoms with Gasteiger partial charge in [-0.25, -0.2) is 0 Å². The monoisotopic (exact) mass is 267 g/mol. The quantitative estimate of drug-likeness (QED) is 0.540. The first-order valence-corrected chi connectivity index (χ1v) is 6.00. The van der Waals surface area contributed by atoms with E-state index >= 15 is 0 Å². The molecule has 1 aromatic carbocycles. The zero-order valence-electron chi connectivity index (χ0n) is 11.3. The summed E-state index contributed by atoms with van der Waals surface area (Å²) in [5, 5.41) is 13.1. The first-order valence-electron chi connectivity index (χ1n) is 6.00. The molecule has 0 heterocycles. The van der Waals surface area contributed by atoms with Crippen LogP contribution in [0.5, 0.6) is 0 Å². The van der Waals surface area contributed by atoms with Gasteiger partial charge in [0.1, 0.15) is 0 Å². The number of carbonyl (C=O) groups excluding carboxylic acids is 1. The van der Waals surface area contributed by atoms with Crippen molar-refractivity contribution < 1.29 is 14.6 Å². The fourth-order valence-corrected chi connectivity index (χ4v) is 1.62. The number of anilines is 2. The van der Waals surface area contributed by atoms with Gasteiger partial charge in [-0.2, -0.15) is 0 Å². The number of methoxy groups -OCH3 is 1. The largest absolute Gasteiger partial charge is 0.399 e. The molecular weight excluding hydrogens is 246 g/mol. The first kappa shape index (κ1) is 15.3. The highest BCUT2D eigenvalue weighted by molar-refractivity contribution is 5.99. The van der Waals surface area contributed by atoms with Gasteiger partial charge < -0.3 is 26.6 Å². The SMILES string of the molecule is COCCC(C)(O)CNc1cc(N)ccc1C(N)=O. The molecule has 0 aromatic heterocycles. The second kappa shape index (κ2) is 6.40. The van der Waals surface area contributed by atoms with Crippen molar-refractivity contribution in [2.45, 2.75) is 18.9 Å². The number of benzene rings is 1. The second-order valence-corrected chi connectivity index (χ2v) is 4.76. The van der Waals surface area contributed by atoms with Gasteiger partial charge in [-0.1, -0.05) is 0 Å². The summed E-state index contributed by atoms with van der Waals surface area (Å²) in [6.45, 7) is 2.41. The van der Waals surface area contributed by atoms with Gasteiger partial charge in [0.2, 0.25) is 0 Å². The van der Waals surface area contributed by atoms with Crippen molar-refractivity contribution in [3.8, 4) is 0 Å². The molecule has 1 unspecified atom stereocenters. The second-order valence-electron chi connectivity index (χ2n) is 4.76. The van der Waals surface area contributed by atoms with Crippen molar-refractivity contribution >= 4 is 17.3 Å². The van der Waals surface area contributed by atoms with E-state index in [2.05, 4.69) is 5.32 Å². The van der Waals surface area contributed by atoms with Crippen LogP contribution in [0.15, 0.2) is 18.2 Å². The van der Waals surface area contributed by atoms with E-state index in [1.807, 2.05) is 0 Å². The van der Waals surface area contributed by atoms with E-state index in [4.69, 9.17) is 16.2 Å². The zero-order chi connectivity index (χ0) is 14.5. The predicted molar refractivity (Wildman–Crippen MR) is 75.0 cm³/mol. The van der Waals surface area contributed by atoms with Gasteiger partial charge in [-0.05, 0) is 25.1 Å². The van der Waals surface area contributed by atoms with Crippen LogP contribution < -0.4 is 16.8 Å². The molecule has 0 saturated carbocycles. The molecule has 0 fully saturated rings. The highest BCUT2D eigenvalue weighted by atomic mass is 16.5. The molecule has 0 aliphatic heterocycles. The lowest BCUT2D eigenvalue weighted by atomic mass is 10.0. The van der Waals surface area contributed by atoms with Crippen molar-refractivity contribution in [3.63, 3.8) is 0 Å². The van der Waals surface area contributed by atoms with Crippen LogP contribution in [-0.2, 0) is 4.74 Å². The molecule has 1 atom stereocenters. The molecule has 0 aliphatic carbocycles. The molecule has 6 heteroatoms.